The van der Waals surface area contributed by atoms with Crippen molar-refractivity contribution in [3.8, 4) is 0 Å². The Balaban J connectivity index is 2.03. The molecule has 0 atom stereocenters. The van der Waals surface area contributed by atoms with Crippen LogP contribution >= 0.6 is 11.6 Å². The lowest BCUT2D eigenvalue weighted by atomic mass is 9.94. The zero-order valence-corrected chi connectivity index (χ0v) is 11.5. The molecule has 1 aromatic carbocycles. The van der Waals surface area contributed by atoms with E-state index in [1.165, 1.54) is 38.2 Å². The van der Waals surface area contributed by atoms with Crippen LogP contribution < -0.4 is 0 Å². The van der Waals surface area contributed by atoms with Crippen molar-refractivity contribution in [3.05, 3.63) is 35.6 Å². The van der Waals surface area contributed by atoms with E-state index >= 15 is 0 Å². The monoisotopic (exact) mass is 269 g/mol. The molecular formula is C15H21ClFN. The van der Waals surface area contributed by atoms with Crippen molar-refractivity contribution in [2.45, 2.75) is 44.7 Å². The SMILES string of the molecule is Fc1ccccc1CN(CCCl)C1CCCCC1. The molecule has 100 valence electrons. The number of rotatable bonds is 5. The van der Waals surface area contributed by atoms with Gasteiger partial charge in [-0.25, -0.2) is 4.39 Å². The van der Waals surface area contributed by atoms with Crippen LogP contribution in [-0.4, -0.2) is 23.4 Å². The Morgan fingerprint density at radius 2 is 1.89 bits per heavy atom. The zero-order valence-electron chi connectivity index (χ0n) is 10.7. The van der Waals surface area contributed by atoms with Crippen molar-refractivity contribution in [1.82, 2.24) is 4.90 Å². The summed E-state index contributed by atoms with van der Waals surface area (Å²) in [6.07, 6.45) is 6.38. The molecule has 1 fully saturated rings. The lowest BCUT2D eigenvalue weighted by Gasteiger charge is -2.34. The van der Waals surface area contributed by atoms with Gasteiger partial charge in [-0.2, -0.15) is 0 Å². The van der Waals surface area contributed by atoms with E-state index < -0.39 is 0 Å². The summed E-state index contributed by atoms with van der Waals surface area (Å²) in [5.41, 5.74) is 0.785. The highest BCUT2D eigenvalue weighted by atomic mass is 35.5. The highest BCUT2D eigenvalue weighted by Crippen LogP contribution is 2.24. The molecule has 0 unspecified atom stereocenters. The van der Waals surface area contributed by atoms with E-state index in [0.717, 1.165) is 12.1 Å². The van der Waals surface area contributed by atoms with Crippen molar-refractivity contribution in [1.29, 1.82) is 0 Å². The number of hydrogen-bond acceptors (Lipinski definition) is 1. The molecule has 3 heteroatoms. The first-order valence-corrected chi connectivity index (χ1v) is 7.38. The van der Waals surface area contributed by atoms with Crippen molar-refractivity contribution in [3.63, 3.8) is 0 Å². The van der Waals surface area contributed by atoms with Gasteiger partial charge in [0, 0.05) is 30.6 Å². The van der Waals surface area contributed by atoms with Gasteiger partial charge in [-0.3, -0.25) is 4.90 Å². The van der Waals surface area contributed by atoms with Gasteiger partial charge in [0.25, 0.3) is 0 Å². The Bertz CT molecular complexity index is 363. The molecule has 0 spiro atoms. The molecule has 1 aliphatic rings. The first-order valence-electron chi connectivity index (χ1n) is 6.84. The van der Waals surface area contributed by atoms with Gasteiger partial charge >= 0.3 is 0 Å². The molecule has 0 heterocycles. The highest BCUT2D eigenvalue weighted by Gasteiger charge is 2.21. The van der Waals surface area contributed by atoms with Crippen molar-refractivity contribution in [2.24, 2.45) is 0 Å². The lowest BCUT2D eigenvalue weighted by Crippen LogP contribution is -2.37. The van der Waals surface area contributed by atoms with E-state index in [1.54, 1.807) is 6.07 Å². The molecular weight excluding hydrogens is 249 g/mol. The normalized spacial score (nSPS) is 17.3. The summed E-state index contributed by atoms with van der Waals surface area (Å²) in [5.74, 6) is 0.512. The highest BCUT2D eigenvalue weighted by molar-refractivity contribution is 6.18. The summed E-state index contributed by atoms with van der Waals surface area (Å²) in [6.45, 7) is 1.53. The van der Waals surface area contributed by atoms with Crippen LogP contribution in [-0.2, 0) is 6.54 Å². The summed E-state index contributed by atoms with van der Waals surface area (Å²) in [7, 11) is 0. The van der Waals surface area contributed by atoms with E-state index in [9.17, 15) is 4.39 Å². The molecule has 0 saturated heterocycles. The van der Waals surface area contributed by atoms with Gasteiger partial charge in [-0.05, 0) is 18.9 Å². The van der Waals surface area contributed by atoms with Crippen LogP contribution in [0.2, 0.25) is 0 Å². The molecule has 2 rings (SSSR count). The minimum absolute atomic E-state index is 0.104. The Morgan fingerprint density at radius 3 is 2.56 bits per heavy atom. The fraction of sp³-hybridized carbons (Fsp3) is 0.600. The maximum absolute atomic E-state index is 13.7. The van der Waals surface area contributed by atoms with Crippen molar-refractivity contribution in [2.75, 3.05) is 12.4 Å². The smallest absolute Gasteiger partial charge is 0.127 e. The van der Waals surface area contributed by atoms with Gasteiger partial charge in [0.15, 0.2) is 0 Å². The Kier molecular flexibility index (Phi) is 5.45. The molecule has 0 bridgehead atoms. The largest absolute Gasteiger partial charge is 0.295 e. The predicted molar refractivity (Wildman–Crippen MR) is 74.4 cm³/mol. The number of hydrogen-bond donors (Lipinski definition) is 0. The average Bonchev–Trinajstić information content (AvgIpc) is 2.42. The van der Waals surface area contributed by atoms with Crippen LogP contribution in [0.3, 0.4) is 0 Å². The molecule has 1 aromatic rings. The van der Waals surface area contributed by atoms with Crippen LogP contribution in [0.4, 0.5) is 4.39 Å². The van der Waals surface area contributed by atoms with E-state index in [1.807, 2.05) is 12.1 Å². The van der Waals surface area contributed by atoms with Gasteiger partial charge in [0.1, 0.15) is 5.82 Å². The quantitative estimate of drug-likeness (QED) is 0.724. The van der Waals surface area contributed by atoms with Crippen LogP contribution in [0.15, 0.2) is 24.3 Å². The zero-order chi connectivity index (χ0) is 12.8. The van der Waals surface area contributed by atoms with Crippen LogP contribution in [0.5, 0.6) is 0 Å². The molecule has 0 N–H and O–H groups in total. The van der Waals surface area contributed by atoms with E-state index in [2.05, 4.69) is 4.90 Å². The van der Waals surface area contributed by atoms with Crippen LogP contribution in [0.1, 0.15) is 37.7 Å². The maximum Gasteiger partial charge on any atom is 0.127 e. The van der Waals surface area contributed by atoms with Crippen molar-refractivity contribution >= 4 is 11.6 Å². The third-order valence-corrected chi connectivity index (χ3v) is 3.96. The molecule has 1 aliphatic carbocycles. The van der Waals surface area contributed by atoms with Gasteiger partial charge < -0.3 is 0 Å². The predicted octanol–water partition coefficient (Wildman–Crippen LogP) is 4.20. The van der Waals surface area contributed by atoms with E-state index in [-0.39, 0.29) is 5.82 Å². The third kappa shape index (κ3) is 3.69. The van der Waals surface area contributed by atoms with Crippen LogP contribution in [0, 0.1) is 5.82 Å². The lowest BCUT2D eigenvalue weighted by molar-refractivity contribution is 0.155. The molecule has 0 aromatic heterocycles. The average molecular weight is 270 g/mol. The summed E-state index contributed by atoms with van der Waals surface area (Å²) in [6, 6.07) is 7.63. The summed E-state index contributed by atoms with van der Waals surface area (Å²) >= 11 is 5.89. The number of benzene rings is 1. The Morgan fingerprint density at radius 1 is 1.17 bits per heavy atom. The second-order valence-corrected chi connectivity index (χ2v) is 5.42. The minimum Gasteiger partial charge on any atom is -0.295 e. The first kappa shape index (κ1) is 13.8. The topological polar surface area (TPSA) is 3.24 Å². The van der Waals surface area contributed by atoms with E-state index in [0.29, 0.717) is 18.5 Å². The van der Waals surface area contributed by atoms with Gasteiger partial charge in [-0.15, -0.1) is 11.6 Å². The molecule has 1 nitrogen and oxygen atoms in total. The Labute approximate surface area is 114 Å². The molecule has 0 aliphatic heterocycles. The van der Waals surface area contributed by atoms with E-state index in [4.69, 9.17) is 11.6 Å². The number of alkyl halides is 1. The maximum atomic E-state index is 13.7. The Hall–Kier alpha value is -0.600. The second-order valence-electron chi connectivity index (χ2n) is 5.04. The summed E-state index contributed by atoms with van der Waals surface area (Å²) < 4.78 is 13.7. The molecule has 0 radical (unpaired) electrons. The molecule has 0 amide bonds. The third-order valence-electron chi connectivity index (χ3n) is 3.79. The van der Waals surface area contributed by atoms with Gasteiger partial charge in [0.2, 0.25) is 0 Å². The van der Waals surface area contributed by atoms with Gasteiger partial charge in [-0.1, -0.05) is 37.5 Å². The second kappa shape index (κ2) is 7.10. The van der Waals surface area contributed by atoms with Gasteiger partial charge in [0.05, 0.1) is 0 Å². The fourth-order valence-corrected chi connectivity index (χ4v) is 3.01. The molecule has 1 saturated carbocycles. The fourth-order valence-electron chi connectivity index (χ4n) is 2.79. The van der Waals surface area contributed by atoms with Crippen LogP contribution in [0.25, 0.3) is 0 Å². The first-order chi connectivity index (χ1) is 8.81. The summed E-state index contributed by atoms with van der Waals surface area (Å²) in [4.78, 5) is 2.35. The molecule has 18 heavy (non-hydrogen) atoms. The number of nitrogens with zero attached hydrogens (tertiary/aromatic N) is 1. The minimum atomic E-state index is -0.104. The standard InChI is InChI=1S/C15H21ClFN/c16-10-11-18(14-7-2-1-3-8-14)12-13-6-4-5-9-15(13)17/h4-6,9,14H,1-3,7-8,10-12H2. The summed E-state index contributed by atoms with van der Waals surface area (Å²) in [5, 5.41) is 0. The number of halogens is 2. The van der Waals surface area contributed by atoms with Crippen molar-refractivity contribution < 1.29 is 4.39 Å².